The zero-order valence-corrected chi connectivity index (χ0v) is 12.6. The Labute approximate surface area is 130 Å². The summed E-state index contributed by atoms with van der Waals surface area (Å²) in [6.45, 7) is 0. The standard InChI is InChI=1S/C17H12BrNO2/c18-15-10-14(7-8-16(15)20)19-17(21)13-6-5-11-3-1-2-4-12(11)9-13/h1-10,20H,(H,19,21). The lowest BCUT2D eigenvalue weighted by atomic mass is 10.1. The largest absolute Gasteiger partial charge is 0.507 e. The molecule has 21 heavy (non-hydrogen) atoms. The van der Waals surface area contributed by atoms with E-state index in [2.05, 4.69) is 21.2 Å². The number of carbonyl (C=O) groups is 1. The molecule has 0 spiro atoms. The maximum absolute atomic E-state index is 12.3. The average molecular weight is 342 g/mol. The van der Waals surface area contributed by atoms with E-state index in [0.29, 0.717) is 15.7 Å². The van der Waals surface area contributed by atoms with E-state index >= 15 is 0 Å². The summed E-state index contributed by atoms with van der Waals surface area (Å²) in [4.78, 5) is 12.3. The fourth-order valence-electron chi connectivity index (χ4n) is 2.12. The van der Waals surface area contributed by atoms with Gasteiger partial charge in [-0.05, 0) is 57.0 Å². The maximum Gasteiger partial charge on any atom is 0.255 e. The van der Waals surface area contributed by atoms with Crippen LogP contribution in [0.25, 0.3) is 10.8 Å². The number of halogens is 1. The van der Waals surface area contributed by atoms with E-state index in [1.54, 1.807) is 18.2 Å². The number of anilines is 1. The molecule has 0 aliphatic heterocycles. The van der Waals surface area contributed by atoms with E-state index < -0.39 is 0 Å². The second-order valence-electron chi connectivity index (χ2n) is 4.68. The summed E-state index contributed by atoms with van der Waals surface area (Å²) in [5.74, 6) is -0.0444. The van der Waals surface area contributed by atoms with E-state index in [-0.39, 0.29) is 11.7 Å². The van der Waals surface area contributed by atoms with Crippen molar-refractivity contribution in [3.8, 4) is 5.75 Å². The van der Waals surface area contributed by atoms with Gasteiger partial charge in [-0.15, -0.1) is 0 Å². The molecule has 0 aliphatic carbocycles. The molecule has 0 saturated heterocycles. The molecule has 0 aliphatic rings. The smallest absolute Gasteiger partial charge is 0.255 e. The van der Waals surface area contributed by atoms with Gasteiger partial charge < -0.3 is 10.4 Å². The molecule has 0 unspecified atom stereocenters. The van der Waals surface area contributed by atoms with Crippen LogP contribution in [-0.4, -0.2) is 11.0 Å². The van der Waals surface area contributed by atoms with Crippen LogP contribution in [0.2, 0.25) is 0 Å². The minimum atomic E-state index is -0.182. The highest BCUT2D eigenvalue weighted by atomic mass is 79.9. The summed E-state index contributed by atoms with van der Waals surface area (Å²) in [5.41, 5.74) is 1.22. The van der Waals surface area contributed by atoms with Crippen molar-refractivity contribution in [3.05, 3.63) is 70.7 Å². The predicted octanol–water partition coefficient (Wildman–Crippen LogP) is 4.56. The quantitative estimate of drug-likeness (QED) is 0.671. The van der Waals surface area contributed by atoms with Crippen molar-refractivity contribution in [2.45, 2.75) is 0 Å². The lowest BCUT2D eigenvalue weighted by Crippen LogP contribution is -2.11. The van der Waals surface area contributed by atoms with E-state index in [4.69, 9.17) is 0 Å². The molecule has 0 bridgehead atoms. The molecule has 0 radical (unpaired) electrons. The number of phenols is 1. The van der Waals surface area contributed by atoms with Crippen LogP contribution in [0.15, 0.2) is 65.1 Å². The molecule has 2 N–H and O–H groups in total. The Morgan fingerprint density at radius 1 is 0.952 bits per heavy atom. The Morgan fingerprint density at radius 2 is 1.71 bits per heavy atom. The SMILES string of the molecule is O=C(Nc1ccc(O)c(Br)c1)c1ccc2ccccc2c1. The second-order valence-corrected chi connectivity index (χ2v) is 5.54. The first kappa shape index (κ1) is 13.6. The topological polar surface area (TPSA) is 49.3 Å². The number of amides is 1. The van der Waals surface area contributed by atoms with E-state index in [0.717, 1.165) is 10.8 Å². The van der Waals surface area contributed by atoms with Crippen LogP contribution in [0.3, 0.4) is 0 Å². The van der Waals surface area contributed by atoms with Gasteiger partial charge >= 0.3 is 0 Å². The lowest BCUT2D eigenvalue weighted by molar-refractivity contribution is 0.102. The number of benzene rings is 3. The van der Waals surface area contributed by atoms with Gasteiger partial charge in [0.2, 0.25) is 0 Å². The molecule has 4 heteroatoms. The third-order valence-corrected chi connectivity index (χ3v) is 3.85. The Balaban J connectivity index is 1.87. The monoisotopic (exact) mass is 341 g/mol. The van der Waals surface area contributed by atoms with Crippen LogP contribution in [0.5, 0.6) is 5.75 Å². The summed E-state index contributed by atoms with van der Waals surface area (Å²) in [6.07, 6.45) is 0. The van der Waals surface area contributed by atoms with Crippen molar-refractivity contribution in [3.63, 3.8) is 0 Å². The number of carbonyl (C=O) groups excluding carboxylic acids is 1. The van der Waals surface area contributed by atoms with Crippen molar-refractivity contribution in [1.29, 1.82) is 0 Å². The maximum atomic E-state index is 12.3. The zero-order valence-electron chi connectivity index (χ0n) is 11.0. The normalized spacial score (nSPS) is 10.5. The van der Waals surface area contributed by atoms with Crippen LogP contribution in [0, 0.1) is 0 Å². The molecular weight excluding hydrogens is 330 g/mol. The molecule has 0 aromatic heterocycles. The minimum absolute atomic E-state index is 0.138. The highest BCUT2D eigenvalue weighted by Crippen LogP contribution is 2.27. The molecule has 3 aromatic rings. The predicted molar refractivity (Wildman–Crippen MR) is 87.7 cm³/mol. The zero-order chi connectivity index (χ0) is 14.8. The molecule has 0 saturated carbocycles. The summed E-state index contributed by atoms with van der Waals surface area (Å²) >= 11 is 3.22. The molecule has 3 rings (SSSR count). The van der Waals surface area contributed by atoms with Crippen molar-refractivity contribution in [2.24, 2.45) is 0 Å². The average Bonchev–Trinajstić information content (AvgIpc) is 2.50. The number of rotatable bonds is 2. The Kier molecular flexibility index (Phi) is 3.62. The molecule has 0 atom stereocenters. The third-order valence-electron chi connectivity index (χ3n) is 3.22. The van der Waals surface area contributed by atoms with Crippen LogP contribution in [0.1, 0.15) is 10.4 Å². The number of fused-ring (bicyclic) bond motifs is 1. The Bertz CT molecular complexity index is 830. The molecule has 0 heterocycles. The van der Waals surface area contributed by atoms with Gasteiger partial charge in [0.15, 0.2) is 0 Å². The van der Waals surface area contributed by atoms with E-state index in [1.165, 1.54) is 6.07 Å². The van der Waals surface area contributed by atoms with Crippen molar-refractivity contribution >= 4 is 38.3 Å². The number of hydrogen-bond donors (Lipinski definition) is 2. The molecule has 104 valence electrons. The van der Waals surface area contributed by atoms with Gasteiger partial charge in [0.1, 0.15) is 5.75 Å². The van der Waals surface area contributed by atoms with Crippen molar-refractivity contribution in [1.82, 2.24) is 0 Å². The summed E-state index contributed by atoms with van der Waals surface area (Å²) < 4.78 is 0.541. The Morgan fingerprint density at radius 3 is 2.48 bits per heavy atom. The molecule has 0 fully saturated rings. The van der Waals surface area contributed by atoms with Gasteiger partial charge in [0.05, 0.1) is 4.47 Å². The number of aromatic hydroxyl groups is 1. The summed E-state index contributed by atoms with van der Waals surface area (Å²) in [5, 5.41) is 14.4. The first-order valence-electron chi connectivity index (χ1n) is 6.42. The van der Waals surface area contributed by atoms with Crippen LogP contribution in [0.4, 0.5) is 5.69 Å². The van der Waals surface area contributed by atoms with Crippen LogP contribution in [-0.2, 0) is 0 Å². The highest BCUT2D eigenvalue weighted by molar-refractivity contribution is 9.10. The van der Waals surface area contributed by atoms with Gasteiger partial charge in [-0.1, -0.05) is 30.3 Å². The third kappa shape index (κ3) is 2.90. The summed E-state index contributed by atoms with van der Waals surface area (Å²) in [7, 11) is 0. The fourth-order valence-corrected chi connectivity index (χ4v) is 2.50. The van der Waals surface area contributed by atoms with Crippen LogP contribution < -0.4 is 5.32 Å². The van der Waals surface area contributed by atoms with Gasteiger partial charge in [-0.2, -0.15) is 0 Å². The number of hydrogen-bond acceptors (Lipinski definition) is 2. The van der Waals surface area contributed by atoms with Crippen LogP contribution >= 0.6 is 15.9 Å². The van der Waals surface area contributed by atoms with Crippen molar-refractivity contribution < 1.29 is 9.90 Å². The van der Waals surface area contributed by atoms with Gasteiger partial charge in [0, 0.05) is 11.3 Å². The van der Waals surface area contributed by atoms with Gasteiger partial charge in [-0.3, -0.25) is 4.79 Å². The molecular formula is C17H12BrNO2. The molecule has 3 aromatic carbocycles. The minimum Gasteiger partial charge on any atom is -0.507 e. The van der Waals surface area contributed by atoms with E-state index in [1.807, 2.05) is 36.4 Å². The number of phenolic OH excluding ortho intramolecular Hbond substituents is 1. The summed E-state index contributed by atoms with van der Waals surface area (Å²) in [6, 6.07) is 18.3. The van der Waals surface area contributed by atoms with Gasteiger partial charge in [0.25, 0.3) is 5.91 Å². The van der Waals surface area contributed by atoms with E-state index in [9.17, 15) is 9.90 Å². The Hall–Kier alpha value is -2.33. The van der Waals surface area contributed by atoms with Gasteiger partial charge in [-0.25, -0.2) is 0 Å². The fraction of sp³-hybridized carbons (Fsp3) is 0. The number of nitrogens with one attached hydrogen (secondary N) is 1. The second kappa shape index (κ2) is 5.58. The molecule has 3 nitrogen and oxygen atoms in total. The van der Waals surface area contributed by atoms with Crippen molar-refractivity contribution in [2.75, 3.05) is 5.32 Å². The first-order valence-corrected chi connectivity index (χ1v) is 7.21. The molecule has 1 amide bonds. The highest BCUT2D eigenvalue weighted by Gasteiger charge is 2.08. The lowest BCUT2D eigenvalue weighted by Gasteiger charge is -2.07. The first-order chi connectivity index (χ1) is 10.1.